The Balaban J connectivity index is 1.76. The average Bonchev–Trinajstić information content (AvgIpc) is 2.72. The number of carbonyl (C=O) groups is 3. The van der Waals surface area contributed by atoms with Gasteiger partial charge in [0.1, 0.15) is 12.3 Å². The van der Waals surface area contributed by atoms with E-state index >= 15 is 0 Å². The van der Waals surface area contributed by atoms with E-state index in [1.807, 2.05) is 6.92 Å². The number of halogens is 3. The first-order valence-corrected chi connectivity index (χ1v) is 9.36. The normalized spacial score (nSPS) is 14.4. The number of benzene rings is 2. The van der Waals surface area contributed by atoms with Crippen molar-refractivity contribution in [2.45, 2.75) is 26.1 Å². The Kier molecular flexibility index (Phi) is 6.19. The third-order valence-corrected chi connectivity index (χ3v) is 4.49. The van der Waals surface area contributed by atoms with E-state index in [1.54, 1.807) is 12.1 Å². The molecule has 10 heteroatoms. The number of hydrogen-bond donors (Lipinski definition) is 1. The number of anilines is 2. The van der Waals surface area contributed by atoms with Crippen molar-refractivity contribution in [2.24, 2.45) is 0 Å². The fourth-order valence-electron chi connectivity index (χ4n) is 3.02. The van der Waals surface area contributed by atoms with Gasteiger partial charge < -0.3 is 14.8 Å². The van der Waals surface area contributed by atoms with Crippen molar-refractivity contribution in [2.75, 3.05) is 23.4 Å². The predicted octanol–water partition coefficient (Wildman–Crippen LogP) is 3.63. The summed E-state index contributed by atoms with van der Waals surface area (Å²) in [7, 11) is 0. The van der Waals surface area contributed by atoms with Gasteiger partial charge in [0.25, 0.3) is 5.91 Å². The largest absolute Gasteiger partial charge is 0.494 e. The molecule has 2 aromatic carbocycles. The molecule has 1 unspecified atom stereocenters. The van der Waals surface area contributed by atoms with Gasteiger partial charge >= 0.3 is 12.1 Å². The van der Waals surface area contributed by atoms with E-state index in [1.165, 1.54) is 19.1 Å². The van der Waals surface area contributed by atoms with E-state index in [2.05, 4.69) is 5.32 Å². The number of ether oxygens (including phenoxy) is 2. The lowest BCUT2D eigenvalue weighted by atomic mass is 10.1. The molecule has 2 amide bonds. The zero-order valence-electron chi connectivity index (χ0n) is 16.7. The molecular weight excluding hydrogens is 417 g/mol. The maximum atomic E-state index is 13.0. The Morgan fingerprint density at radius 3 is 2.45 bits per heavy atom. The highest BCUT2D eigenvalue weighted by atomic mass is 19.4. The monoisotopic (exact) mass is 436 g/mol. The Morgan fingerprint density at radius 1 is 1.16 bits per heavy atom. The van der Waals surface area contributed by atoms with Crippen LogP contribution >= 0.6 is 0 Å². The van der Waals surface area contributed by atoms with Gasteiger partial charge in [0.15, 0.2) is 6.10 Å². The second-order valence-electron chi connectivity index (χ2n) is 6.71. The number of alkyl halides is 3. The first-order chi connectivity index (χ1) is 14.6. The highest BCUT2D eigenvalue weighted by molar-refractivity contribution is 6.11. The summed E-state index contributed by atoms with van der Waals surface area (Å²) in [5.74, 6) is -1.60. The maximum absolute atomic E-state index is 13.0. The zero-order chi connectivity index (χ0) is 22.8. The first kappa shape index (κ1) is 22.1. The molecule has 1 aliphatic heterocycles. The minimum atomic E-state index is -4.60. The number of rotatable bonds is 5. The summed E-state index contributed by atoms with van der Waals surface area (Å²) >= 11 is 0. The number of fused-ring (bicyclic) bond motifs is 1. The highest BCUT2D eigenvalue weighted by Crippen LogP contribution is 2.37. The lowest BCUT2D eigenvalue weighted by molar-refractivity contribution is -0.137. The Hall–Kier alpha value is -3.56. The number of esters is 1. The van der Waals surface area contributed by atoms with Crippen LogP contribution < -0.4 is 15.0 Å². The molecule has 1 aliphatic rings. The van der Waals surface area contributed by atoms with Crippen molar-refractivity contribution in [3.8, 4) is 5.75 Å². The van der Waals surface area contributed by atoms with Crippen LogP contribution in [0.3, 0.4) is 0 Å². The Labute approximate surface area is 175 Å². The van der Waals surface area contributed by atoms with E-state index in [0.29, 0.717) is 12.4 Å². The summed E-state index contributed by atoms with van der Waals surface area (Å²) in [5, 5.41) is 2.33. The van der Waals surface area contributed by atoms with Gasteiger partial charge in [0.2, 0.25) is 5.91 Å². The van der Waals surface area contributed by atoms with Crippen LogP contribution in [0.4, 0.5) is 24.5 Å². The molecule has 164 valence electrons. The fourth-order valence-corrected chi connectivity index (χ4v) is 3.02. The second kappa shape index (κ2) is 8.66. The molecule has 0 saturated heterocycles. The minimum Gasteiger partial charge on any atom is -0.494 e. The van der Waals surface area contributed by atoms with Crippen molar-refractivity contribution >= 4 is 29.2 Å². The van der Waals surface area contributed by atoms with Crippen molar-refractivity contribution < 1.29 is 37.0 Å². The molecular formula is C21H19F3N2O5. The van der Waals surface area contributed by atoms with E-state index < -0.39 is 42.2 Å². The summed E-state index contributed by atoms with van der Waals surface area (Å²) in [6.07, 6.45) is -5.88. The number of nitrogens with one attached hydrogen (secondary N) is 1. The molecule has 0 fully saturated rings. The molecule has 0 saturated carbocycles. The van der Waals surface area contributed by atoms with Crippen LogP contribution in [0.2, 0.25) is 0 Å². The van der Waals surface area contributed by atoms with E-state index in [-0.39, 0.29) is 16.9 Å². The van der Waals surface area contributed by atoms with Crippen molar-refractivity contribution in [1.82, 2.24) is 0 Å². The van der Waals surface area contributed by atoms with Crippen molar-refractivity contribution in [3.05, 3.63) is 53.6 Å². The molecule has 3 rings (SSSR count). The van der Waals surface area contributed by atoms with Crippen LogP contribution in [0.15, 0.2) is 42.5 Å². The molecule has 0 bridgehead atoms. The summed E-state index contributed by atoms with van der Waals surface area (Å²) in [6.45, 7) is 3.19. The Morgan fingerprint density at radius 2 is 1.84 bits per heavy atom. The van der Waals surface area contributed by atoms with Crippen molar-refractivity contribution in [1.29, 1.82) is 0 Å². The summed E-state index contributed by atoms with van der Waals surface area (Å²) in [6, 6.07) is 8.78. The summed E-state index contributed by atoms with van der Waals surface area (Å²) in [5.41, 5.74) is -0.837. The number of amides is 2. The molecule has 1 atom stereocenters. The van der Waals surface area contributed by atoms with Gasteiger partial charge in [0.05, 0.1) is 29.1 Å². The topological polar surface area (TPSA) is 84.9 Å². The zero-order valence-corrected chi connectivity index (χ0v) is 16.7. The first-order valence-electron chi connectivity index (χ1n) is 9.36. The van der Waals surface area contributed by atoms with E-state index in [4.69, 9.17) is 9.47 Å². The molecule has 0 aromatic heterocycles. The second-order valence-corrected chi connectivity index (χ2v) is 6.71. The average molecular weight is 436 g/mol. The lowest BCUT2D eigenvalue weighted by Crippen LogP contribution is -2.47. The summed E-state index contributed by atoms with van der Waals surface area (Å²) < 4.78 is 49.3. The molecule has 2 aromatic rings. The third-order valence-electron chi connectivity index (χ3n) is 4.49. The number of hydrogen-bond acceptors (Lipinski definition) is 5. The van der Waals surface area contributed by atoms with Crippen LogP contribution in [0, 0.1) is 0 Å². The minimum absolute atomic E-state index is 0.0848. The molecule has 0 spiro atoms. The van der Waals surface area contributed by atoms with Crippen LogP contribution in [-0.4, -0.2) is 37.0 Å². The van der Waals surface area contributed by atoms with E-state index in [9.17, 15) is 27.6 Å². The molecule has 0 aliphatic carbocycles. The van der Waals surface area contributed by atoms with Gasteiger partial charge in [-0.05, 0) is 56.3 Å². The van der Waals surface area contributed by atoms with Crippen molar-refractivity contribution in [3.63, 3.8) is 0 Å². The number of carbonyl (C=O) groups excluding carboxylic acids is 3. The molecule has 1 heterocycles. The SMILES string of the molecule is CCOc1ccc(C(=O)OC(C)C(=O)N2CC(=O)Nc3cc(C(F)(F)F)ccc32)cc1. The maximum Gasteiger partial charge on any atom is 0.416 e. The predicted molar refractivity (Wildman–Crippen MR) is 105 cm³/mol. The van der Waals surface area contributed by atoms with Gasteiger partial charge in [-0.1, -0.05) is 0 Å². The fraction of sp³-hybridized carbons (Fsp3) is 0.286. The van der Waals surface area contributed by atoms with Gasteiger partial charge in [-0.2, -0.15) is 13.2 Å². The molecule has 0 radical (unpaired) electrons. The van der Waals surface area contributed by atoms with Crippen LogP contribution in [0.5, 0.6) is 5.75 Å². The van der Waals surface area contributed by atoms with Gasteiger partial charge in [-0.15, -0.1) is 0 Å². The van der Waals surface area contributed by atoms with Crippen LogP contribution in [0.25, 0.3) is 0 Å². The summed E-state index contributed by atoms with van der Waals surface area (Å²) in [4.78, 5) is 38.1. The molecule has 1 N–H and O–H groups in total. The standard InChI is InChI=1S/C21H19F3N2O5/c1-3-30-15-7-4-13(5-8-15)20(29)31-12(2)19(28)26-11-18(27)25-16-10-14(21(22,23)24)6-9-17(16)26/h4-10,12H,3,11H2,1-2H3,(H,25,27). The van der Waals surface area contributed by atoms with Crippen LogP contribution in [-0.2, 0) is 20.5 Å². The smallest absolute Gasteiger partial charge is 0.416 e. The Bertz CT molecular complexity index is 1010. The van der Waals surface area contributed by atoms with Crippen LogP contribution in [0.1, 0.15) is 29.8 Å². The van der Waals surface area contributed by atoms with Gasteiger partial charge in [-0.25, -0.2) is 4.79 Å². The molecule has 31 heavy (non-hydrogen) atoms. The van der Waals surface area contributed by atoms with Gasteiger partial charge in [0, 0.05) is 0 Å². The van der Waals surface area contributed by atoms with E-state index in [0.717, 1.165) is 23.1 Å². The third kappa shape index (κ3) is 4.96. The highest BCUT2D eigenvalue weighted by Gasteiger charge is 2.35. The molecule has 7 nitrogen and oxygen atoms in total. The quantitative estimate of drug-likeness (QED) is 0.724. The van der Waals surface area contributed by atoms with Gasteiger partial charge in [-0.3, -0.25) is 14.5 Å². The lowest BCUT2D eigenvalue weighted by Gasteiger charge is -2.31. The number of nitrogens with zero attached hydrogens (tertiary/aromatic N) is 1.